The summed E-state index contributed by atoms with van der Waals surface area (Å²) >= 11 is 0. The number of likely N-dealkylation sites (tertiary alicyclic amines) is 1. The maximum atomic E-state index is 11.5. The van der Waals surface area contributed by atoms with E-state index in [1.807, 2.05) is 22.9 Å². The molecule has 0 spiro atoms. The third-order valence-electron chi connectivity index (χ3n) is 5.61. The molecule has 162 valence electrons. The first-order valence-corrected chi connectivity index (χ1v) is 10.5. The highest BCUT2D eigenvalue weighted by molar-refractivity contribution is 5.93. The summed E-state index contributed by atoms with van der Waals surface area (Å²) in [5.74, 6) is -0.131. The van der Waals surface area contributed by atoms with Gasteiger partial charge in [-0.2, -0.15) is 0 Å². The fourth-order valence-electron chi connectivity index (χ4n) is 3.97. The summed E-state index contributed by atoms with van der Waals surface area (Å²) in [6.07, 6.45) is 8.12. The number of imidazole rings is 1. The number of nitrogens with zero attached hydrogens (tertiary/aromatic N) is 5. The number of pyridine rings is 1. The number of benzene rings is 1. The number of hydrogen-bond donors (Lipinski definition) is 3. The standard InChI is InChI=1S/C23H23N7O2/c31-22(28-32)17-3-5-18(6-4-17)26-23-24-9-7-19(27-23)20-14-25-21-13-16(8-12-30(20)21)15-29-10-1-2-11-29/h3-9,12-14,32H,1-2,10-11,15H2,(H,28,31)(H,24,26,27). The van der Waals surface area contributed by atoms with Crippen molar-refractivity contribution in [2.45, 2.75) is 19.4 Å². The van der Waals surface area contributed by atoms with E-state index in [0.29, 0.717) is 11.5 Å². The van der Waals surface area contributed by atoms with Crippen molar-refractivity contribution in [2.24, 2.45) is 0 Å². The minimum absolute atomic E-state index is 0.350. The molecule has 4 heterocycles. The fraction of sp³-hybridized carbons (Fsp3) is 0.217. The van der Waals surface area contributed by atoms with Gasteiger partial charge in [0.25, 0.3) is 5.91 Å². The van der Waals surface area contributed by atoms with E-state index in [2.05, 4.69) is 37.3 Å². The minimum Gasteiger partial charge on any atom is -0.324 e. The normalized spacial score (nSPS) is 14.0. The lowest BCUT2D eigenvalue weighted by molar-refractivity contribution is 0.0706. The van der Waals surface area contributed by atoms with Crippen molar-refractivity contribution in [1.29, 1.82) is 0 Å². The maximum absolute atomic E-state index is 11.5. The van der Waals surface area contributed by atoms with Gasteiger partial charge < -0.3 is 5.32 Å². The van der Waals surface area contributed by atoms with E-state index < -0.39 is 5.91 Å². The first-order valence-electron chi connectivity index (χ1n) is 10.5. The Morgan fingerprint density at radius 1 is 1.06 bits per heavy atom. The van der Waals surface area contributed by atoms with Crippen molar-refractivity contribution in [3.63, 3.8) is 0 Å². The Morgan fingerprint density at radius 3 is 2.66 bits per heavy atom. The molecule has 1 aliphatic heterocycles. The van der Waals surface area contributed by atoms with Crippen molar-refractivity contribution in [2.75, 3.05) is 18.4 Å². The Labute approximate surface area is 184 Å². The average molecular weight is 429 g/mol. The quantitative estimate of drug-likeness (QED) is 0.319. The van der Waals surface area contributed by atoms with E-state index in [4.69, 9.17) is 5.21 Å². The first-order chi connectivity index (χ1) is 15.7. The molecule has 9 heteroatoms. The minimum atomic E-state index is -0.564. The van der Waals surface area contributed by atoms with Gasteiger partial charge in [0.15, 0.2) is 0 Å². The van der Waals surface area contributed by atoms with Crippen LogP contribution in [0.5, 0.6) is 0 Å². The first kappa shape index (κ1) is 20.1. The van der Waals surface area contributed by atoms with Gasteiger partial charge in [-0.15, -0.1) is 0 Å². The van der Waals surface area contributed by atoms with Gasteiger partial charge in [-0.1, -0.05) is 0 Å². The molecule has 9 nitrogen and oxygen atoms in total. The molecular formula is C23H23N7O2. The molecule has 0 atom stereocenters. The van der Waals surface area contributed by atoms with Gasteiger partial charge in [-0.05, 0) is 74.0 Å². The van der Waals surface area contributed by atoms with Crippen LogP contribution in [0.2, 0.25) is 0 Å². The Bertz CT molecular complexity index is 1250. The summed E-state index contributed by atoms with van der Waals surface area (Å²) in [4.78, 5) is 27.4. The lowest BCUT2D eigenvalue weighted by atomic mass is 10.2. The molecule has 3 N–H and O–H groups in total. The average Bonchev–Trinajstić information content (AvgIpc) is 3.49. The number of anilines is 2. The zero-order valence-corrected chi connectivity index (χ0v) is 17.4. The van der Waals surface area contributed by atoms with E-state index in [1.54, 1.807) is 35.9 Å². The predicted octanol–water partition coefficient (Wildman–Crippen LogP) is 3.25. The Balaban J connectivity index is 1.36. The van der Waals surface area contributed by atoms with Crippen LogP contribution in [0.25, 0.3) is 17.0 Å². The van der Waals surface area contributed by atoms with Gasteiger partial charge in [0.05, 0.1) is 17.6 Å². The van der Waals surface area contributed by atoms with Crippen LogP contribution in [0.3, 0.4) is 0 Å². The SMILES string of the molecule is O=C(NO)c1ccc(Nc2nccc(-c3cnc4cc(CN5CCCC5)ccn34)n2)cc1. The number of hydroxylamine groups is 1. The van der Waals surface area contributed by atoms with Crippen molar-refractivity contribution in [1.82, 2.24) is 29.7 Å². The molecule has 1 amide bonds. The summed E-state index contributed by atoms with van der Waals surface area (Å²) in [6.45, 7) is 3.29. The number of amides is 1. The maximum Gasteiger partial charge on any atom is 0.274 e. The van der Waals surface area contributed by atoms with E-state index in [0.717, 1.165) is 29.3 Å². The zero-order chi connectivity index (χ0) is 21.9. The summed E-state index contributed by atoms with van der Waals surface area (Å²) in [7, 11) is 0. The summed E-state index contributed by atoms with van der Waals surface area (Å²) in [5.41, 5.74) is 6.47. The summed E-state index contributed by atoms with van der Waals surface area (Å²) in [6, 6.07) is 12.8. The Morgan fingerprint density at radius 2 is 1.88 bits per heavy atom. The number of nitrogens with one attached hydrogen (secondary N) is 2. The third kappa shape index (κ3) is 4.16. The van der Waals surface area contributed by atoms with Gasteiger partial charge >= 0.3 is 0 Å². The Hall–Kier alpha value is -3.82. The second kappa shape index (κ2) is 8.74. The van der Waals surface area contributed by atoms with Crippen LogP contribution in [0, 0.1) is 0 Å². The van der Waals surface area contributed by atoms with Crippen LogP contribution in [-0.4, -0.2) is 48.5 Å². The molecule has 0 unspecified atom stereocenters. The van der Waals surface area contributed by atoms with Crippen LogP contribution in [0.1, 0.15) is 28.8 Å². The second-order valence-electron chi connectivity index (χ2n) is 7.80. The molecule has 32 heavy (non-hydrogen) atoms. The van der Waals surface area contributed by atoms with Crippen molar-refractivity contribution in [3.05, 3.63) is 72.2 Å². The van der Waals surface area contributed by atoms with Crippen LogP contribution in [0.4, 0.5) is 11.6 Å². The number of carbonyl (C=O) groups is 1. The molecule has 1 fully saturated rings. The largest absolute Gasteiger partial charge is 0.324 e. The van der Waals surface area contributed by atoms with Crippen LogP contribution in [0.15, 0.2) is 61.1 Å². The molecule has 1 aromatic carbocycles. The molecule has 0 saturated carbocycles. The van der Waals surface area contributed by atoms with Crippen LogP contribution >= 0.6 is 0 Å². The number of aromatic nitrogens is 4. The van der Waals surface area contributed by atoms with Crippen molar-refractivity contribution >= 4 is 23.2 Å². The topological polar surface area (TPSA) is 108 Å². The fourth-order valence-corrected chi connectivity index (χ4v) is 3.97. The van der Waals surface area contributed by atoms with Crippen LogP contribution in [-0.2, 0) is 6.54 Å². The number of fused-ring (bicyclic) bond motifs is 1. The highest BCUT2D eigenvalue weighted by atomic mass is 16.5. The van der Waals surface area contributed by atoms with Gasteiger partial charge in [-0.3, -0.25) is 19.3 Å². The molecule has 4 aromatic rings. The lowest BCUT2D eigenvalue weighted by Crippen LogP contribution is -2.18. The van der Waals surface area contributed by atoms with Crippen LogP contribution < -0.4 is 10.8 Å². The van der Waals surface area contributed by atoms with E-state index in [-0.39, 0.29) is 0 Å². The van der Waals surface area contributed by atoms with E-state index >= 15 is 0 Å². The highest BCUT2D eigenvalue weighted by Crippen LogP contribution is 2.22. The molecule has 0 radical (unpaired) electrons. The van der Waals surface area contributed by atoms with Gasteiger partial charge in [0.2, 0.25) is 5.95 Å². The second-order valence-corrected chi connectivity index (χ2v) is 7.80. The molecule has 5 rings (SSSR count). The summed E-state index contributed by atoms with van der Waals surface area (Å²) in [5, 5.41) is 11.9. The monoisotopic (exact) mass is 429 g/mol. The smallest absolute Gasteiger partial charge is 0.274 e. The van der Waals surface area contributed by atoms with E-state index in [9.17, 15) is 4.79 Å². The summed E-state index contributed by atoms with van der Waals surface area (Å²) < 4.78 is 2.03. The Kier molecular flexibility index (Phi) is 5.49. The molecule has 0 aliphatic carbocycles. The molecule has 1 aliphatic rings. The molecule has 1 saturated heterocycles. The van der Waals surface area contributed by atoms with Crippen molar-refractivity contribution < 1.29 is 10.0 Å². The van der Waals surface area contributed by atoms with Gasteiger partial charge in [-0.25, -0.2) is 20.4 Å². The van der Waals surface area contributed by atoms with E-state index in [1.165, 1.54) is 31.5 Å². The third-order valence-corrected chi connectivity index (χ3v) is 5.61. The molecule has 3 aromatic heterocycles. The van der Waals surface area contributed by atoms with Gasteiger partial charge in [0.1, 0.15) is 5.65 Å². The zero-order valence-electron chi connectivity index (χ0n) is 17.4. The molecular weight excluding hydrogens is 406 g/mol. The highest BCUT2D eigenvalue weighted by Gasteiger charge is 2.14. The predicted molar refractivity (Wildman–Crippen MR) is 120 cm³/mol. The number of hydrogen-bond acceptors (Lipinski definition) is 7. The van der Waals surface area contributed by atoms with Crippen molar-refractivity contribution in [3.8, 4) is 11.4 Å². The molecule has 0 bridgehead atoms. The van der Waals surface area contributed by atoms with Gasteiger partial charge in [0, 0.05) is 30.2 Å². The lowest BCUT2D eigenvalue weighted by Gasteiger charge is -2.14. The number of rotatable bonds is 6. The number of carbonyl (C=O) groups excluding carboxylic acids is 1.